The molecule has 0 radical (unpaired) electrons. The largest absolute Gasteiger partial charge is 0.462 e. The molecule has 366 valence electrons. The molecule has 0 saturated carbocycles. The zero-order valence-corrected chi connectivity index (χ0v) is 41.7. The average Bonchev–Trinajstić information content (AvgIpc) is 3.30. The molecule has 0 aromatic rings. The third-order valence-corrected chi connectivity index (χ3v) is 10.4. The van der Waals surface area contributed by atoms with Crippen LogP contribution >= 0.6 is 0 Å². The fourth-order valence-corrected chi connectivity index (χ4v) is 6.56. The Kier molecular flexibility index (Phi) is 49.1. The summed E-state index contributed by atoms with van der Waals surface area (Å²) in [4.78, 5) is 38.0. The molecule has 6 heteroatoms. The van der Waals surface area contributed by atoms with Gasteiger partial charge in [0.15, 0.2) is 6.10 Å². The minimum absolute atomic E-state index is 0.107. The zero-order chi connectivity index (χ0) is 47.2. The van der Waals surface area contributed by atoms with Crippen molar-refractivity contribution in [3.05, 3.63) is 122 Å². The summed E-state index contributed by atoms with van der Waals surface area (Å²) in [5.41, 5.74) is 0. The summed E-state index contributed by atoms with van der Waals surface area (Å²) in [5.74, 6) is -0.987. The van der Waals surface area contributed by atoms with Crippen molar-refractivity contribution in [1.29, 1.82) is 0 Å². The monoisotopic (exact) mass is 899 g/mol. The maximum absolute atomic E-state index is 12.8. The average molecular weight is 899 g/mol. The molecule has 1 unspecified atom stereocenters. The summed E-state index contributed by atoms with van der Waals surface area (Å²) in [5, 5.41) is 0. The van der Waals surface area contributed by atoms with Crippen LogP contribution in [0.15, 0.2) is 122 Å². The van der Waals surface area contributed by atoms with E-state index in [1.807, 2.05) is 0 Å². The molecule has 0 amide bonds. The highest BCUT2D eigenvalue weighted by Crippen LogP contribution is 2.12. The van der Waals surface area contributed by atoms with E-state index in [9.17, 15) is 14.4 Å². The van der Waals surface area contributed by atoms with Gasteiger partial charge in [0, 0.05) is 19.3 Å². The second-order valence-corrected chi connectivity index (χ2v) is 16.7. The summed E-state index contributed by atoms with van der Waals surface area (Å²) in [6, 6.07) is 0. The summed E-state index contributed by atoms with van der Waals surface area (Å²) in [6.45, 7) is 6.29. The van der Waals surface area contributed by atoms with E-state index < -0.39 is 6.10 Å². The SMILES string of the molecule is CC/C=C\C/C=C\C/C=C\C/C=C\C/C=C\C/C=C\CCCCC(=O)OCC(COC(=O)CCCCCCC/C=C\CCCC)OC(=O)CCCCCCC/C=C\C/C=C\C/C=C\CC. The van der Waals surface area contributed by atoms with E-state index in [-0.39, 0.29) is 31.1 Å². The van der Waals surface area contributed by atoms with E-state index in [4.69, 9.17) is 14.2 Å². The topological polar surface area (TPSA) is 78.9 Å². The van der Waals surface area contributed by atoms with Gasteiger partial charge in [0.2, 0.25) is 0 Å². The highest BCUT2D eigenvalue weighted by molar-refractivity contribution is 5.71. The Balaban J connectivity index is 4.49. The highest BCUT2D eigenvalue weighted by Gasteiger charge is 2.19. The Morgan fingerprint density at radius 1 is 0.323 bits per heavy atom. The van der Waals surface area contributed by atoms with E-state index in [1.54, 1.807) is 0 Å². The molecular formula is C59H94O6. The Morgan fingerprint density at radius 3 is 0.985 bits per heavy atom. The van der Waals surface area contributed by atoms with Crippen molar-refractivity contribution in [3.8, 4) is 0 Å². The molecule has 0 spiro atoms. The van der Waals surface area contributed by atoms with Gasteiger partial charge in [-0.1, -0.05) is 194 Å². The Hall–Kier alpha value is -4.19. The number of unbranched alkanes of at least 4 members (excludes halogenated alkanes) is 14. The third-order valence-electron chi connectivity index (χ3n) is 10.4. The van der Waals surface area contributed by atoms with Crippen LogP contribution in [0.25, 0.3) is 0 Å². The van der Waals surface area contributed by atoms with Gasteiger partial charge in [-0.25, -0.2) is 0 Å². The molecule has 0 fully saturated rings. The van der Waals surface area contributed by atoms with Gasteiger partial charge in [0.05, 0.1) is 0 Å². The fourth-order valence-electron chi connectivity index (χ4n) is 6.56. The Morgan fingerprint density at radius 2 is 0.600 bits per heavy atom. The Bertz CT molecular complexity index is 1400. The number of carbonyl (C=O) groups excluding carboxylic acids is 3. The molecular weight excluding hydrogens is 805 g/mol. The maximum atomic E-state index is 12.8. The zero-order valence-electron chi connectivity index (χ0n) is 41.7. The lowest BCUT2D eigenvalue weighted by Gasteiger charge is -2.18. The minimum atomic E-state index is -0.811. The van der Waals surface area contributed by atoms with Gasteiger partial charge in [-0.15, -0.1) is 0 Å². The quantitative estimate of drug-likeness (QED) is 0.0262. The van der Waals surface area contributed by atoms with Crippen LogP contribution in [-0.2, 0) is 28.6 Å². The maximum Gasteiger partial charge on any atom is 0.306 e. The van der Waals surface area contributed by atoms with Gasteiger partial charge >= 0.3 is 17.9 Å². The van der Waals surface area contributed by atoms with Crippen LogP contribution in [0.3, 0.4) is 0 Å². The normalized spacial score (nSPS) is 13.1. The van der Waals surface area contributed by atoms with Gasteiger partial charge in [-0.2, -0.15) is 0 Å². The van der Waals surface area contributed by atoms with E-state index in [0.29, 0.717) is 25.7 Å². The van der Waals surface area contributed by atoms with Gasteiger partial charge in [0.1, 0.15) is 13.2 Å². The summed E-state index contributed by atoms with van der Waals surface area (Å²) in [6.07, 6.45) is 71.8. The van der Waals surface area contributed by atoms with Gasteiger partial charge < -0.3 is 14.2 Å². The molecule has 0 rings (SSSR count). The second kappa shape index (κ2) is 52.4. The predicted octanol–water partition coefficient (Wildman–Crippen LogP) is 17.3. The molecule has 0 aliphatic carbocycles. The molecule has 0 aliphatic heterocycles. The summed E-state index contributed by atoms with van der Waals surface area (Å²) in [7, 11) is 0. The summed E-state index contributed by atoms with van der Waals surface area (Å²) >= 11 is 0. The van der Waals surface area contributed by atoms with Crippen molar-refractivity contribution < 1.29 is 28.6 Å². The van der Waals surface area contributed by atoms with Crippen LogP contribution < -0.4 is 0 Å². The number of ether oxygens (including phenoxy) is 3. The van der Waals surface area contributed by atoms with Crippen molar-refractivity contribution in [1.82, 2.24) is 0 Å². The number of allylic oxidation sites excluding steroid dienone is 20. The molecule has 0 aromatic heterocycles. The Labute approximate surface area is 399 Å². The molecule has 6 nitrogen and oxygen atoms in total. The molecule has 0 aromatic carbocycles. The first-order chi connectivity index (χ1) is 32.0. The van der Waals surface area contributed by atoms with Gasteiger partial charge in [0.25, 0.3) is 0 Å². The smallest absolute Gasteiger partial charge is 0.306 e. The van der Waals surface area contributed by atoms with E-state index in [0.717, 1.165) is 141 Å². The number of carbonyl (C=O) groups is 3. The van der Waals surface area contributed by atoms with Crippen LogP contribution in [0.4, 0.5) is 0 Å². The van der Waals surface area contributed by atoms with Crippen molar-refractivity contribution in [3.63, 3.8) is 0 Å². The van der Waals surface area contributed by atoms with Crippen LogP contribution in [0.5, 0.6) is 0 Å². The van der Waals surface area contributed by atoms with Gasteiger partial charge in [-0.05, 0) is 122 Å². The van der Waals surface area contributed by atoms with Crippen molar-refractivity contribution >= 4 is 17.9 Å². The first kappa shape index (κ1) is 60.8. The van der Waals surface area contributed by atoms with E-state index in [1.165, 1.54) is 25.7 Å². The lowest BCUT2D eigenvalue weighted by atomic mass is 10.1. The van der Waals surface area contributed by atoms with Crippen molar-refractivity contribution in [2.24, 2.45) is 0 Å². The van der Waals surface area contributed by atoms with Gasteiger partial charge in [-0.3, -0.25) is 14.4 Å². The van der Waals surface area contributed by atoms with Crippen LogP contribution in [0, 0.1) is 0 Å². The van der Waals surface area contributed by atoms with Crippen molar-refractivity contribution in [2.45, 2.75) is 219 Å². The van der Waals surface area contributed by atoms with Crippen LogP contribution in [0.1, 0.15) is 213 Å². The number of esters is 3. The first-order valence-electron chi connectivity index (χ1n) is 26.0. The van der Waals surface area contributed by atoms with E-state index in [2.05, 4.69) is 142 Å². The number of hydrogen-bond acceptors (Lipinski definition) is 6. The highest BCUT2D eigenvalue weighted by atomic mass is 16.6. The standard InChI is InChI=1S/C59H94O6/c1-4-7-10-13-16-19-22-24-26-27-28-29-30-31-33-34-37-40-43-46-49-52-58(61)64-55-56(54-63-57(60)51-48-45-42-39-36-21-18-15-12-9-6-3)65-59(62)53-50-47-44-41-38-35-32-25-23-20-17-14-11-8-5-2/h7-8,10-11,15-20,24-26,28-29,31-33,37,40,56H,4-6,9,12-14,21-23,27,30,34-36,38-39,41-55H2,1-3H3/b10-7-,11-8-,18-15-,19-16-,20-17-,26-24-,29-28-,32-25-,33-31-,40-37-. The minimum Gasteiger partial charge on any atom is -0.462 e. The summed E-state index contributed by atoms with van der Waals surface area (Å²) < 4.78 is 16.7. The molecule has 1 atom stereocenters. The van der Waals surface area contributed by atoms with E-state index >= 15 is 0 Å². The number of rotatable bonds is 45. The molecule has 65 heavy (non-hydrogen) atoms. The fraction of sp³-hybridized carbons (Fsp3) is 0.610. The lowest BCUT2D eigenvalue weighted by molar-refractivity contribution is -0.167. The first-order valence-corrected chi connectivity index (χ1v) is 26.0. The molecule has 0 aliphatic rings. The molecule has 0 heterocycles. The van der Waals surface area contributed by atoms with Crippen molar-refractivity contribution in [2.75, 3.05) is 13.2 Å². The van der Waals surface area contributed by atoms with Crippen LogP contribution in [-0.4, -0.2) is 37.2 Å². The van der Waals surface area contributed by atoms with Crippen LogP contribution in [0.2, 0.25) is 0 Å². The second-order valence-electron chi connectivity index (χ2n) is 16.7. The molecule has 0 N–H and O–H groups in total. The predicted molar refractivity (Wildman–Crippen MR) is 279 cm³/mol. The lowest BCUT2D eigenvalue weighted by Crippen LogP contribution is -2.30. The molecule has 0 bridgehead atoms. The molecule has 0 saturated heterocycles. The number of hydrogen-bond donors (Lipinski definition) is 0. The third kappa shape index (κ3) is 50.7.